The highest BCUT2D eigenvalue weighted by Gasteiger charge is 2.43. The van der Waals surface area contributed by atoms with Crippen molar-refractivity contribution in [3.05, 3.63) is 0 Å². The first kappa shape index (κ1) is 5.69. The summed E-state index contributed by atoms with van der Waals surface area (Å²) in [5, 5.41) is 3.38. The highest BCUT2D eigenvalue weighted by molar-refractivity contribution is 4.95. The molecule has 0 aromatic rings. The first-order valence-corrected chi connectivity index (χ1v) is 3.70. The van der Waals surface area contributed by atoms with Crippen molar-refractivity contribution >= 4 is 0 Å². The minimum absolute atomic E-state index is 0.580. The summed E-state index contributed by atoms with van der Waals surface area (Å²) < 4.78 is 5.41. The fraction of sp³-hybridized carbons (Fsp3) is 1.00. The molecule has 1 spiro atoms. The Hall–Kier alpha value is -0.0800. The van der Waals surface area contributed by atoms with Crippen LogP contribution < -0.4 is 5.32 Å². The summed E-state index contributed by atoms with van der Waals surface area (Å²) in [6.45, 7) is 4.14. The third-order valence-electron chi connectivity index (χ3n) is 2.29. The van der Waals surface area contributed by atoms with Crippen LogP contribution in [-0.4, -0.2) is 26.3 Å². The van der Waals surface area contributed by atoms with Gasteiger partial charge in [-0.1, -0.05) is 0 Å². The summed E-state index contributed by atoms with van der Waals surface area (Å²) in [5.74, 6) is 0. The van der Waals surface area contributed by atoms with Gasteiger partial charge in [-0.15, -0.1) is 0 Å². The molecule has 0 amide bonds. The lowest BCUT2D eigenvalue weighted by atomic mass is 10.1. The quantitative estimate of drug-likeness (QED) is 0.508. The average molecular weight is 127 g/mol. The van der Waals surface area contributed by atoms with Gasteiger partial charge in [-0.05, 0) is 12.8 Å². The Kier molecular flexibility index (Phi) is 1.24. The molecule has 0 atom stereocenters. The number of hydrogen-bond acceptors (Lipinski definition) is 2. The van der Waals surface area contributed by atoms with E-state index in [9.17, 15) is 0 Å². The molecule has 2 nitrogen and oxygen atoms in total. The second-order valence-corrected chi connectivity index (χ2v) is 3.23. The van der Waals surface area contributed by atoms with Crippen LogP contribution in [0.2, 0.25) is 0 Å². The standard InChI is InChI=1S/C7H13NO/c1-2-7(1)5-8-3-4-9-6-7/h8H,1-6H2. The van der Waals surface area contributed by atoms with E-state index in [0.29, 0.717) is 5.41 Å². The summed E-state index contributed by atoms with van der Waals surface area (Å²) in [6.07, 6.45) is 2.75. The van der Waals surface area contributed by atoms with Crippen LogP contribution in [0.4, 0.5) is 0 Å². The second-order valence-electron chi connectivity index (χ2n) is 3.23. The van der Waals surface area contributed by atoms with Crippen LogP contribution in [0, 0.1) is 5.41 Å². The molecule has 9 heavy (non-hydrogen) atoms. The van der Waals surface area contributed by atoms with Crippen LogP contribution in [0.3, 0.4) is 0 Å². The highest BCUT2D eigenvalue weighted by atomic mass is 16.5. The first-order valence-electron chi connectivity index (χ1n) is 3.70. The van der Waals surface area contributed by atoms with Crippen molar-refractivity contribution in [3.63, 3.8) is 0 Å². The molecule has 1 aliphatic heterocycles. The lowest BCUT2D eigenvalue weighted by Gasteiger charge is -2.08. The summed E-state index contributed by atoms with van der Waals surface area (Å²) in [5.41, 5.74) is 0.580. The predicted octanol–water partition coefficient (Wildman–Crippen LogP) is 0.386. The zero-order valence-corrected chi connectivity index (χ0v) is 5.65. The Morgan fingerprint density at radius 2 is 2.22 bits per heavy atom. The topological polar surface area (TPSA) is 21.3 Å². The molecule has 0 aromatic heterocycles. The first-order chi connectivity index (χ1) is 4.41. The van der Waals surface area contributed by atoms with E-state index in [4.69, 9.17) is 4.74 Å². The van der Waals surface area contributed by atoms with Gasteiger partial charge in [0.25, 0.3) is 0 Å². The predicted molar refractivity (Wildman–Crippen MR) is 35.4 cm³/mol. The Bertz CT molecular complexity index is 99.5. The third kappa shape index (κ3) is 1.10. The van der Waals surface area contributed by atoms with Gasteiger partial charge in [-0.2, -0.15) is 0 Å². The lowest BCUT2D eigenvalue weighted by Crippen LogP contribution is -2.23. The van der Waals surface area contributed by atoms with Crippen LogP contribution in [0.1, 0.15) is 12.8 Å². The molecule has 1 heterocycles. The molecule has 2 aliphatic rings. The molecular weight excluding hydrogens is 114 g/mol. The smallest absolute Gasteiger partial charge is 0.0591 e. The summed E-state index contributed by atoms with van der Waals surface area (Å²) in [4.78, 5) is 0. The van der Waals surface area contributed by atoms with Gasteiger partial charge < -0.3 is 10.1 Å². The van der Waals surface area contributed by atoms with Crippen LogP contribution in [0.15, 0.2) is 0 Å². The average Bonchev–Trinajstić information content (AvgIpc) is 2.64. The molecule has 1 saturated carbocycles. The molecule has 2 heteroatoms. The van der Waals surface area contributed by atoms with Gasteiger partial charge in [-0.3, -0.25) is 0 Å². The molecule has 0 unspecified atom stereocenters. The fourth-order valence-corrected chi connectivity index (χ4v) is 1.34. The van der Waals surface area contributed by atoms with Crippen molar-refractivity contribution in [2.75, 3.05) is 26.3 Å². The molecule has 2 fully saturated rings. The molecule has 1 saturated heterocycles. The minimum atomic E-state index is 0.580. The molecule has 0 aromatic carbocycles. The lowest BCUT2D eigenvalue weighted by molar-refractivity contribution is 0.115. The van der Waals surface area contributed by atoms with Gasteiger partial charge in [0.2, 0.25) is 0 Å². The Morgan fingerprint density at radius 3 is 3.00 bits per heavy atom. The van der Waals surface area contributed by atoms with Crippen molar-refractivity contribution in [1.82, 2.24) is 5.32 Å². The van der Waals surface area contributed by atoms with E-state index in [2.05, 4.69) is 5.32 Å². The van der Waals surface area contributed by atoms with E-state index in [1.165, 1.54) is 19.4 Å². The van der Waals surface area contributed by atoms with Crippen LogP contribution in [0.5, 0.6) is 0 Å². The molecular formula is C7H13NO. The van der Waals surface area contributed by atoms with Crippen molar-refractivity contribution in [2.24, 2.45) is 5.41 Å². The maximum Gasteiger partial charge on any atom is 0.0591 e. The number of ether oxygens (including phenoxy) is 1. The van der Waals surface area contributed by atoms with Gasteiger partial charge in [0, 0.05) is 18.5 Å². The zero-order chi connectivity index (χ0) is 6.16. The highest BCUT2D eigenvalue weighted by Crippen LogP contribution is 2.45. The van der Waals surface area contributed by atoms with Gasteiger partial charge in [-0.25, -0.2) is 0 Å². The van der Waals surface area contributed by atoms with Gasteiger partial charge in [0.1, 0.15) is 0 Å². The number of hydrogen-bond donors (Lipinski definition) is 1. The molecule has 1 aliphatic carbocycles. The maximum atomic E-state index is 5.41. The summed E-state index contributed by atoms with van der Waals surface area (Å²) >= 11 is 0. The number of rotatable bonds is 0. The monoisotopic (exact) mass is 127 g/mol. The number of nitrogens with one attached hydrogen (secondary N) is 1. The van der Waals surface area contributed by atoms with Crippen molar-refractivity contribution in [1.29, 1.82) is 0 Å². The van der Waals surface area contributed by atoms with Gasteiger partial charge in [0.05, 0.1) is 13.2 Å². The third-order valence-corrected chi connectivity index (χ3v) is 2.29. The maximum absolute atomic E-state index is 5.41. The fourth-order valence-electron chi connectivity index (χ4n) is 1.34. The van der Waals surface area contributed by atoms with E-state index >= 15 is 0 Å². The van der Waals surface area contributed by atoms with Crippen LogP contribution >= 0.6 is 0 Å². The van der Waals surface area contributed by atoms with Crippen LogP contribution in [-0.2, 0) is 4.74 Å². The van der Waals surface area contributed by atoms with E-state index in [0.717, 1.165) is 19.8 Å². The van der Waals surface area contributed by atoms with Crippen molar-refractivity contribution < 1.29 is 4.74 Å². The SMILES string of the molecule is C1COCC2(CC2)CN1. The van der Waals surface area contributed by atoms with E-state index in [1.807, 2.05) is 0 Å². The normalized spacial score (nSPS) is 32.0. The Labute approximate surface area is 55.6 Å². The minimum Gasteiger partial charge on any atom is -0.380 e. The van der Waals surface area contributed by atoms with Crippen molar-refractivity contribution in [2.45, 2.75) is 12.8 Å². The van der Waals surface area contributed by atoms with Gasteiger partial charge >= 0.3 is 0 Å². The molecule has 2 rings (SSSR count). The Balaban J connectivity index is 1.92. The second kappa shape index (κ2) is 1.96. The summed E-state index contributed by atoms with van der Waals surface area (Å²) in [6, 6.07) is 0. The molecule has 0 bridgehead atoms. The zero-order valence-electron chi connectivity index (χ0n) is 5.65. The van der Waals surface area contributed by atoms with E-state index < -0.39 is 0 Å². The Morgan fingerprint density at radius 1 is 1.33 bits per heavy atom. The molecule has 1 N–H and O–H groups in total. The van der Waals surface area contributed by atoms with E-state index in [-0.39, 0.29) is 0 Å². The van der Waals surface area contributed by atoms with E-state index in [1.54, 1.807) is 0 Å². The summed E-state index contributed by atoms with van der Waals surface area (Å²) in [7, 11) is 0. The van der Waals surface area contributed by atoms with Crippen molar-refractivity contribution in [3.8, 4) is 0 Å². The molecule has 0 radical (unpaired) electrons. The largest absolute Gasteiger partial charge is 0.380 e. The van der Waals surface area contributed by atoms with Gasteiger partial charge in [0.15, 0.2) is 0 Å². The van der Waals surface area contributed by atoms with Crippen LogP contribution in [0.25, 0.3) is 0 Å². The molecule has 52 valence electrons.